The highest BCUT2D eigenvalue weighted by atomic mass is 15.3. The van der Waals surface area contributed by atoms with E-state index in [1.54, 1.807) is 6.33 Å². The first-order chi connectivity index (χ1) is 13.8. The molecule has 1 fully saturated rings. The zero-order valence-corrected chi connectivity index (χ0v) is 15.9. The molecule has 2 aromatic heterocycles. The molecule has 4 aromatic rings. The van der Waals surface area contributed by atoms with Crippen LogP contribution < -0.4 is 9.80 Å². The number of hydrogen-bond donors (Lipinski definition) is 0. The number of para-hydroxylation sites is 2. The van der Waals surface area contributed by atoms with Gasteiger partial charge in [0.25, 0.3) is 0 Å². The third-order valence-electron chi connectivity index (χ3n) is 5.39. The van der Waals surface area contributed by atoms with Gasteiger partial charge in [-0.15, -0.1) is 0 Å². The summed E-state index contributed by atoms with van der Waals surface area (Å²) in [6.07, 6.45) is 3.54. The Morgan fingerprint density at radius 3 is 2.29 bits per heavy atom. The summed E-state index contributed by atoms with van der Waals surface area (Å²) in [6, 6.07) is 18.8. The lowest BCUT2D eigenvalue weighted by Gasteiger charge is -2.36. The van der Waals surface area contributed by atoms with E-state index < -0.39 is 0 Å². The van der Waals surface area contributed by atoms with Crippen molar-refractivity contribution in [3.05, 3.63) is 72.7 Å². The monoisotopic (exact) mass is 370 g/mol. The van der Waals surface area contributed by atoms with Crippen molar-refractivity contribution in [1.82, 2.24) is 19.7 Å². The van der Waals surface area contributed by atoms with Crippen molar-refractivity contribution >= 4 is 22.5 Å². The number of nitrogens with zero attached hydrogens (tertiary/aromatic N) is 6. The molecule has 1 aliphatic heterocycles. The Labute approximate surface area is 164 Å². The number of aromatic nitrogens is 4. The molecule has 0 saturated carbocycles. The van der Waals surface area contributed by atoms with Crippen molar-refractivity contribution in [2.45, 2.75) is 6.92 Å². The SMILES string of the molecule is Cc1ccccc1-n1ncc2c(N3CCN(c4ccccc4)CC3)ncnc21. The smallest absolute Gasteiger partial charge is 0.168 e. The topological polar surface area (TPSA) is 50.1 Å². The third kappa shape index (κ3) is 2.87. The second kappa shape index (κ2) is 6.96. The van der Waals surface area contributed by atoms with Crippen LogP contribution in [0.1, 0.15) is 5.56 Å². The second-order valence-electron chi connectivity index (χ2n) is 7.09. The number of fused-ring (bicyclic) bond motifs is 1. The van der Waals surface area contributed by atoms with Crippen molar-refractivity contribution in [2.75, 3.05) is 36.0 Å². The molecule has 0 unspecified atom stereocenters. The first-order valence-electron chi connectivity index (χ1n) is 9.61. The summed E-state index contributed by atoms with van der Waals surface area (Å²) >= 11 is 0. The van der Waals surface area contributed by atoms with Crippen LogP contribution in [0.3, 0.4) is 0 Å². The number of benzene rings is 2. The number of piperazine rings is 1. The van der Waals surface area contributed by atoms with Gasteiger partial charge in [0.2, 0.25) is 0 Å². The van der Waals surface area contributed by atoms with Gasteiger partial charge in [-0.25, -0.2) is 14.6 Å². The van der Waals surface area contributed by atoms with Crippen LogP contribution in [0.4, 0.5) is 11.5 Å². The molecule has 0 bridgehead atoms. The molecule has 1 aliphatic rings. The van der Waals surface area contributed by atoms with E-state index in [0.717, 1.165) is 48.7 Å². The highest BCUT2D eigenvalue weighted by Gasteiger charge is 2.21. The van der Waals surface area contributed by atoms with Crippen molar-refractivity contribution < 1.29 is 0 Å². The standard InChI is InChI=1S/C22H22N6/c1-17-7-5-6-10-20(17)28-22-19(15-25-28)21(23-16-24-22)27-13-11-26(12-14-27)18-8-3-2-4-9-18/h2-10,15-16H,11-14H2,1H3. The zero-order chi connectivity index (χ0) is 18.9. The molecule has 3 heterocycles. The molecule has 0 amide bonds. The normalized spacial score (nSPS) is 14.6. The minimum atomic E-state index is 0.852. The number of hydrogen-bond acceptors (Lipinski definition) is 5. The van der Waals surface area contributed by atoms with E-state index in [4.69, 9.17) is 0 Å². The van der Waals surface area contributed by atoms with Crippen molar-refractivity contribution in [1.29, 1.82) is 0 Å². The van der Waals surface area contributed by atoms with E-state index in [2.05, 4.69) is 74.3 Å². The van der Waals surface area contributed by atoms with E-state index in [1.165, 1.54) is 11.3 Å². The Hall–Kier alpha value is -3.41. The van der Waals surface area contributed by atoms with Crippen LogP contribution >= 0.6 is 0 Å². The Balaban J connectivity index is 1.44. The van der Waals surface area contributed by atoms with Crippen molar-refractivity contribution in [3.63, 3.8) is 0 Å². The average Bonchev–Trinajstić information content (AvgIpc) is 3.19. The Bertz CT molecular complexity index is 1100. The molecule has 0 N–H and O–H groups in total. The number of aryl methyl sites for hydroxylation is 1. The van der Waals surface area contributed by atoms with E-state index in [0.29, 0.717) is 0 Å². The third-order valence-corrected chi connectivity index (χ3v) is 5.39. The molecule has 1 saturated heterocycles. The fourth-order valence-electron chi connectivity index (χ4n) is 3.88. The summed E-state index contributed by atoms with van der Waals surface area (Å²) in [6.45, 7) is 5.89. The van der Waals surface area contributed by atoms with Gasteiger partial charge in [0.1, 0.15) is 12.1 Å². The van der Waals surface area contributed by atoms with E-state index >= 15 is 0 Å². The predicted octanol–water partition coefficient (Wildman–Crippen LogP) is 3.45. The summed E-state index contributed by atoms with van der Waals surface area (Å²) in [5, 5.41) is 5.62. The summed E-state index contributed by atoms with van der Waals surface area (Å²) in [5.74, 6) is 0.970. The highest BCUT2D eigenvalue weighted by molar-refractivity contribution is 5.88. The van der Waals surface area contributed by atoms with Gasteiger partial charge in [0.15, 0.2) is 5.65 Å². The van der Waals surface area contributed by atoms with Gasteiger partial charge in [-0.2, -0.15) is 5.10 Å². The molecule has 6 heteroatoms. The Morgan fingerprint density at radius 2 is 1.50 bits per heavy atom. The van der Waals surface area contributed by atoms with Crippen LogP contribution in [0.2, 0.25) is 0 Å². The highest BCUT2D eigenvalue weighted by Crippen LogP contribution is 2.27. The largest absolute Gasteiger partial charge is 0.368 e. The fourth-order valence-corrected chi connectivity index (χ4v) is 3.88. The quantitative estimate of drug-likeness (QED) is 0.553. The molecular weight excluding hydrogens is 348 g/mol. The van der Waals surface area contributed by atoms with E-state index in [-0.39, 0.29) is 0 Å². The Morgan fingerprint density at radius 1 is 0.786 bits per heavy atom. The average molecular weight is 370 g/mol. The number of rotatable bonds is 3. The van der Waals surface area contributed by atoms with Gasteiger partial charge in [-0.1, -0.05) is 36.4 Å². The first-order valence-corrected chi connectivity index (χ1v) is 9.61. The summed E-state index contributed by atoms with van der Waals surface area (Å²) in [7, 11) is 0. The van der Waals surface area contributed by atoms with Crippen molar-refractivity contribution in [3.8, 4) is 5.69 Å². The molecule has 0 radical (unpaired) electrons. The minimum Gasteiger partial charge on any atom is -0.368 e. The lowest BCUT2D eigenvalue weighted by molar-refractivity contribution is 0.649. The fraction of sp³-hybridized carbons (Fsp3) is 0.227. The molecule has 5 rings (SSSR count). The lowest BCUT2D eigenvalue weighted by Crippen LogP contribution is -2.46. The van der Waals surface area contributed by atoms with Gasteiger partial charge >= 0.3 is 0 Å². The molecular formula is C22H22N6. The van der Waals surface area contributed by atoms with Crippen LogP contribution in [0.15, 0.2) is 67.1 Å². The molecule has 140 valence electrons. The summed E-state index contributed by atoms with van der Waals surface area (Å²) in [4.78, 5) is 13.9. The second-order valence-corrected chi connectivity index (χ2v) is 7.09. The maximum Gasteiger partial charge on any atom is 0.168 e. The van der Waals surface area contributed by atoms with Gasteiger partial charge in [0.05, 0.1) is 17.3 Å². The van der Waals surface area contributed by atoms with Crippen LogP contribution in [-0.4, -0.2) is 45.9 Å². The van der Waals surface area contributed by atoms with Crippen LogP contribution in [0.25, 0.3) is 16.7 Å². The molecule has 28 heavy (non-hydrogen) atoms. The first kappa shape index (κ1) is 16.7. The lowest BCUT2D eigenvalue weighted by atomic mass is 10.2. The number of anilines is 2. The Kier molecular flexibility index (Phi) is 4.16. The van der Waals surface area contributed by atoms with Gasteiger partial charge in [-0.3, -0.25) is 0 Å². The van der Waals surface area contributed by atoms with Gasteiger partial charge in [-0.05, 0) is 30.7 Å². The maximum atomic E-state index is 4.62. The molecule has 0 spiro atoms. The predicted molar refractivity (Wildman–Crippen MR) is 112 cm³/mol. The van der Waals surface area contributed by atoms with Crippen LogP contribution in [-0.2, 0) is 0 Å². The maximum absolute atomic E-state index is 4.62. The van der Waals surface area contributed by atoms with Gasteiger partial charge < -0.3 is 9.80 Å². The molecule has 0 atom stereocenters. The van der Waals surface area contributed by atoms with Crippen molar-refractivity contribution in [2.24, 2.45) is 0 Å². The van der Waals surface area contributed by atoms with E-state index in [1.807, 2.05) is 23.0 Å². The zero-order valence-electron chi connectivity index (χ0n) is 15.9. The van der Waals surface area contributed by atoms with Crippen LogP contribution in [0.5, 0.6) is 0 Å². The molecule has 6 nitrogen and oxygen atoms in total. The summed E-state index contributed by atoms with van der Waals surface area (Å²) in [5.41, 5.74) is 4.35. The molecule has 0 aliphatic carbocycles. The minimum absolute atomic E-state index is 0.852. The summed E-state index contributed by atoms with van der Waals surface area (Å²) < 4.78 is 1.91. The van der Waals surface area contributed by atoms with Gasteiger partial charge in [0, 0.05) is 31.9 Å². The van der Waals surface area contributed by atoms with E-state index in [9.17, 15) is 0 Å². The molecule has 2 aromatic carbocycles. The van der Waals surface area contributed by atoms with Crippen LogP contribution in [0, 0.1) is 6.92 Å².